The number of methoxy groups -OCH3 is 1. The van der Waals surface area contributed by atoms with Crippen LogP contribution in [0.4, 0.5) is 5.69 Å². The maximum absolute atomic E-state index is 13.5. The Bertz CT molecular complexity index is 1290. The van der Waals surface area contributed by atoms with E-state index in [4.69, 9.17) is 14.2 Å². The number of ether oxygens (including phenoxy) is 3. The number of carbonyl (C=O) groups is 1. The van der Waals surface area contributed by atoms with Crippen molar-refractivity contribution >= 4 is 21.6 Å². The van der Waals surface area contributed by atoms with Gasteiger partial charge >= 0.3 is 0 Å². The molecule has 9 heteroatoms. The third kappa shape index (κ3) is 5.51. The number of hydrogen-bond acceptors (Lipinski definition) is 6. The van der Waals surface area contributed by atoms with E-state index >= 15 is 0 Å². The van der Waals surface area contributed by atoms with Gasteiger partial charge in [0.2, 0.25) is 0 Å². The van der Waals surface area contributed by atoms with E-state index in [-0.39, 0.29) is 24.6 Å². The number of nitrogens with zero attached hydrogens (tertiary/aromatic N) is 1. The Labute approximate surface area is 205 Å². The van der Waals surface area contributed by atoms with Crippen LogP contribution >= 0.6 is 0 Å². The van der Waals surface area contributed by atoms with Gasteiger partial charge in [0, 0.05) is 0 Å². The molecule has 0 fully saturated rings. The van der Waals surface area contributed by atoms with Crippen molar-refractivity contribution in [2.45, 2.75) is 24.8 Å². The lowest BCUT2D eigenvalue weighted by molar-refractivity contribution is -0.127. The van der Waals surface area contributed by atoms with Crippen LogP contribution in [-0.4, -0.2) is 47.2 Å². The van der Waals surface area contributed by atoms with Gasteiger partial charge in [-0.3, -0.25) is 9.10 Å². The van der Waals surface area contributed by atoms with Crippen molar-refractivity contribution in [2.75, 3.05) is 31.1 Å². The van der Waals surface area contributed by atoms with Crippen LogP contribution in [0.15, 0.2) is 71.6 Å². The summed E-state index contributed by atoms with van der Waals surface area (Å²) in [5.41, 5.74) is 2.25. The fourth-order valence-electron chi connectivity index (χ4n) is 3.69. The number of aryl methyl sites for hydroxylation is 2. The number of nitrogens with one attached hydrogen (secondary N) is 1. The normalized spacial score (nSPS) is 15.1. The molecule has 0 aliphatic carbocycles. The molecule has 3 aromatic rings. The van der Waals surface area contributed by atoms with E-state index in [2.05, 4.69) is 5.32 Å². The van der Waals surface area contributed by atoms with Crippen LogP contribution in [0.1, 0.15) is 11.1 Å². The smallest absolute Gasteiger partial charge is 0.264 e. The fraction of sp³-hybridized carbons (Fsp3) is 0.269. The van der Waals surface area contributed by atoms with Crippen LogP contribution in [0.5, 0.6) is 17.2 Å². The summed E-state index contributed by atoms with van der Waals surface area (Å²) in [7, 11) is -2.32. The summed E-state index contributed by atoms with van der Waals surface area (Å²) in [6, 6.07) is 19.0. The maximum atomic E-state index is 13.5. The Morgan fingerprint density at radius 1 is 1.00 bits per heavy atom. The molecule has 0 unspecified atom stereocenters. The zero-order valence-electron chi connectivity index (χ0n) is 19.9. The Balaban J connectivity index is 1.46. The number of hydrogen-bond donors (Lipinski definition) is 1. The number of amides is 1. The number of anilines is 1. The Kier molecular flexibility index (Phi) is 7.16. The number of benzene rings is 3. The van der Waals surface area contributed by atoms with Crippen molar-refractivity contribution in [1.82, 2.24) is 5.32 Å². The number of carbonyl (C=O) groups excluding carboxylic acids is 1. The van der Waals surface area contributed by atoms with Crippen LogP contribution in [0.25, 0.3) is 0 Å². The van der Waals surface area contributed by atoms with Crippen molar-refractivity contribution in [3.63, 3.8) is 0 Å². The van der Waals surface area contributed by atoms with Gasteiger partial charge in [-0.25, -0.2) is 8.42 Å². The minimum Gasteiger partial charge on any atom is -0.497 e. The summed E-state index contributed by atoms with van der Waals surface area (Å²) in [6.07, 6.45) is -1.01. The molecule has 0 saturated carbocycles. The molecule has 184 valence electrons. The zero-order chi connectivity index (χ0) is 25.0. The molecule has 1 amide bonds. The molecule has 1 atom stereocenters. The molecule has 1 aliphatic rings. The molecule has 3 aromatic carbocycles. The van der Waals surface area contributed by atoms with E-state index in [0.29, 0.717) is 17.2 Å². The van der Waals surface area contributed by atoms with Gasteiger partial charge in [0.1, 0.15) is 23.9 Å². The van der Waals surface area contributed by atoms with Gasteiger partial charge in [-0.05, 0) is 67.9 Å². The maximum Gasteiger partial charge on any atom is 0.264 e. The lowest BCUT2D eigenvalue weighted by Crippen LogP contribution is -2.51. The SMILES string of the molecule is COc1ccc(OCCNC(=O)[C@@H]2CN(S(=O)(=O)c3ccc(C)cc3)c3cc(C)ccc3O2)cc1. The van der Waals surface area contributed by atoms with Crippen molar-refractivity contribution in [3.8, 4) is 17.2 Å². The molecule has 8 nitrogen and oxygen atoms in total. The summed E-state index contributed by atoms with van der Waals surface area (Å²) in [4.78, 5) is 13.1. The largest absolute Gasteiger partial charge is 0.497 e. The van der Waals surface area contributed by atoms with Gasteiger partial charge in [-0.2, -0.15) is 0 Å². The number of fused-ring (bicyclic) bond motifs is 1. The van der Waals surface area contributed by atoms with E-state index < -0.39 is 22.0 Å². The Morgan fingerprint density at radius 3 is 2.34 bits per heavy atom. The zero-order valence-corrected chi connectivity index (χ0v) is 20.7. The molecule has 1 N–H and O–H groups in total. The van der Waals surface area contributed by atoms with Gasteiger partial charge in [0.05, 0.1) is 30.8 Å². The lowest BCUT2D eigenvalue weighted by atomic mass is 10.1. The first kappa shape index (κ1) is 24.4. The third-order valence-corrected chi connectivity index (χ3v) is 7.41. The van der Waals surface area contributed by atoms with E-state index in [0.717, 1.165) is 16.9 Å². The Morgan fingerprint density at radius 2 is 1.66 bits per heavy atom. The highest BCUT2D eigenvalue weighted by atomic mass is 32.2. The minimum atomic E-state index is -3.90. The lowest BCUT2D eigenvalue weighted by Gasteiger charge is -2.35. The second-order valence-electron chi connectivity index (χ2n) is 8.24. The first-order chi connectivity index (χ1) is 16.8. The van der Waals surface area contributed by atoms with Gasteiger partial charge in [-0.1, -0.05) is 23.8 Å². The van der Waals surface area contributed by atoms with Crippen LogP contribution in [0.3, 0.4) is 0 Å². The topological polar surface area (TPSA) is 94.2 Å². The molecule has 0 bridgehead atoms. The second kappa shape index (κ2) is 10.3. The summed E-state index contributed by atoms with van der Waals surface area (Å²) in [6.45, 7) is 4.10. The van der Waals surface area contributed by atoms with Crippen molar-refractivity contribution in [2.24, 2.45) is 0 Å². The van der Waals surface area contributed by atoms with Gasteiger partial charge in [0.25, 0.3) is 15.9 Å². The molecule has 4 rings (SSSR count). The molecule has 1 aliphatic heterocycles. The molecule has 35 heavy (non-hydrogen) atoms. The first-order valence-corrected chi connectivity index (χ1v) is 12.6. The summed E-state index contributed by atoms with van der Waals surface area (Å²) in [5, 5.41) is 2.77. The van der Waals surface area contributed by atoms with Crippen molar-refractivity contribution < 1.29 is 27.4 Å². The summed E-state index contributed by atoms with van der Waals surface area (Å²) >= 11 is 0. The highest BCUT2D eigenvalue weighted by Crippen LogP contribution is 2.37. The van der Waals surface area contributed by atoms with Gasteiger partial charge in [-0.15, -0.1) is 0 Å². The molecular formula is C26H28N2O6S. The highest BCUT2D eigenvalue weighted by Gasteiger charge is 2.37. The fourth-order valence-corrected chi connectivity index (χ4v) is 5.16. The third-order valence-electron chi connectivity index (χ3n) is 5.61. The quantitative estimate of drug-likeness (QED) is 0.480. The molecule has 1 heterocycles. The van der Waals surface area contributed by atoms with Crippen molar-refractivity contribution in [1.29, 1.82) is 0 Å². The highest BCUT2D eigenvalue weighted by molar-refractivity contribution is 7.92. The van der Waals surface area contributed by atoms with Gasteiger partial charge < -0.3 is 19.5 Å². The van der Waals surface area contributed by atoms with Gasteiger partial charge in [0.15, 0.2) is 6.10 Å². The van der Waals surface area contributed by atoms with Crippen molar-refractivity contribution in [3.05, 3.63) is 77.9 Å². The Hall–Kier alpha value is -3.72. The average molecular weight is 497 g/mol. The van der Waals surface area contributed by atoms with E-state index in [1.807, 2.05) is 19.9 Å². The monoisotopic (exact) mass is 496 g/mol. The molecule has 0 aromatic heterocycles. The standard InChI is InChI=1S/C26H28N2O6S/c1-18-4-11-22(12-5-18)35(30,31)28-17-25(34-24-13-6-19(2)16-23(24)28)26(29)27-14-15-33-21-9-7-20(32-3)8-10-21/h4-13,16,25H,14-15,17H2,1-3H3,(H,27,29)/t25-/m0/s1. The van der Waals surface area contributed by atoms with Crippen LogP contribution in [0, 0.1) is 13.8 Å². The van der Waals surface area contributed by atoms with Crippen LogP contribution in [-0.2, 0) is 14.8 Å². The second-order valence-corrected chi connectivity index (χ2v) is 10.1. The van der Waals surface area contributed by atoms with E-state index in [1.165, 1.54) is 4.31 Å². The average Bonchev–Trinajstić information content (AvgIpc) is 2.86. The summed E-state index contributed by atoms with van der Waals surface area (Å²) in [5.74, 6) is 1.29. The van der Waals surface area contributed by atoms with E-state index in [1.54, 1.807) is 67.8 Å². The minimum absolute atomic E-state index is 0.141. The summed E-state index contributed by atoms with van der Waals surface area (Å²) < 4.78 is 44.9. The number of sulfonamides is 1. The molecule has 0 radical (unpaired) electrons. The molecule has 0 saturated heterocycles. The molecule has 0 spiro atoms. The predicted octanol–water partition coefficient (Wildman–Crippen LogP) is 3.46. The van der Waals surface area contributed by atoms with E-state index in [9.17, 15) is 13.2 Å². The molecular weight excluding hydrogens is 468 g/mol. The van der Waals surface area contributed by atoms with Crippen LogP contribution in [0.2, 0.25) is 0 Å². The first-order valence-electron chi connectivity index (χ1n) is 11.2. The number of rotatable bonds is 8. The van der Waals surface area contributed by atoms with Crippen LogP contribution < -0.4 is 23.8 Å². The predicted molar refractivity (Wildman–Crippen MR) is 133 cm³/mol.